The maximum atomic E-state index is 13.2. The van der Waals surface area contributed by atoms with Gasteiger partial charge in [0.15, 0.2) is 0 Å². The largest absolute Gasteiger partial charge is 0.459 e. The first kappa shape index (κ1) is 20.4. The van der Waals surface area contributed by atoms with Crippen molar-refractivity contribution in [2.24, 2.45) is 0 Å². The molecule has 3 unspecified atom stereocenters. The topological polar surface area (TPSA) is 120 Å². The molecule has 0 N–H and O–H groups in total. The molecule has 0 spiro atoms. The molecule has 32 heavy (non-hydrogen) atoms. The predicted octanol–water partition coefficient (Wildman–Crippen LogP) is 2.52. The lowest BCUT2D eigenvalue weighted by atomic mass is 9.96. The normalized spacial score (nSPS) is 24.3. The zero-order valence-electron chi connectivity index (χ0n) is 17.1. The lowest BCUT2D eigenvalue weighted by Crippen LogP contribution is -2.58. The Morgan fingerprint density at radius 1 is 1.28 bits per heavy atom. The van der Waals surface area contributed by atoms with E-state index < -0.39 is 21.7 Å². The number of ether oxygens (including phenoxy) is 1. The van der Waals surface area contributed by atoms with E-state index in [1.807, 2.05) is 31.2 Å². The number of para-hydroxylation sites is 1. The number of amides is 1. The first-order chi connectivity index (χ1) is 15.4. The fourth-order valence-electron chi connectivity index (χ4n) is 4.24. The van der Waals surface area contributed by atoms with E-state index in [1.54, 1.807) is 33.5 Å². The molecule has 11 heteroatoms. The third-order valence-electron chi connectivity index (χ3n) is 5.84. The number of hydrogen-bond donors (Lipinski definition) is 0. The van der Waals surface area contributed by atoms with E-state index in [0.717, 1.165) is 11.0 Å². The maximum absolute atomic E-state index is 13.2. The van der Waals surface area contributed by atoms with Crippen molar-refractivity contribution in [3.63, 3.8) is 0 Å². The molecule has 1 aromatic heterocycles. The first-order valence-electron chi connectivity index (χ1n) is 10.0. The second-order valence-corrected chi connectivity index (χ2v) is 9.77. The number of esters is 1. The molecular formula is C21H19N5O5S. The van der Waals surface area contributed by atoms with E-state index in [1.165, 1.54) is 12.1 Å². The first-order valence-corrected chi connectivity index (χ1v) is 10.9. The van der Waals surface area contributed by atoms with E-state index in [2.05, 4.69) is 10.3 Å². The maximum Gasteiger partial charge on any atom is 0.330 e. The number of nitro benzene ring substituents is 1. The highest BCUT2D eigenvalue weighted by Crippen LogP contribution is 2.52. The Balaban J connectivity index is 1.36. The van der Waals surface area contributed by atoms with Gasteiger partial charge in [0.25, 0.3) is 5.69 Å². The Morgan fingerprint density at radius 3 is 2.75 bits per heavy atom. The second kappa shape index (κ2) is 7.59. The van der Waals surface area contributed by atoms with Crippen molar-refractivity contribution in [2.75, 3.05) is 0 Å². The van der Waals surface area contributed by atoms with Crippen LogP contribution in [0.2, 0.25) is 0 Å². The van der Waals surface area contributed by atoms with Crippen LogP contribution in [0.5, 0.6) is 0 Å². The Hall–Kier alpha value is -3.47. The minimum absolute atomic E-state index is 0.0334. The number of rotatable bonds is 6. The van der Waals surface area contributed by atoms with Crippen LogP contribution in [0.1, 0.15) is 18.9 Å². The number of thioether (sulfide) groups is 1. The van der Waals surface area contributed by atoms with Crippen molar-refractivity contribution in [1.82, 2.24) is 19.9 Å². The molecule has 0 saturated carbocycles. The van der Waals surface area contributed by atoms with Gasteiger partial charge in [-0.05, 0) is 36.8 Å². The Kier molecular flexibility index (Phi) is 4.85. The van der Waals surface area contributed by atoms with Crippen molar-refractivity contribution in [3.8, 4) is 0 Å². The zero-order valence-corrected chi connectivity index (χ0v) is 17.9. The molecule has 3 atom stereocenters. The molecule has 2 aromatic carbocycles. The predicted molar refractivity (Wildman–Crippen MR) is 115 cm³/mol. The second-order valence-electron chi connectivity index (χ2n) is 8.06. The van der Waals surface area contributed by atoms with E-state index >= 15 is 0 Å². The smallest absolute Gasteiger partial charge is 0.330 e. The van der Waals surface area contributed by atoms with Gasteiger partial charge in [0.1, 0.15) is 18.2 Å². The van der Waals surface area contributed by atoms with Crippen LogP contribution in [0.15, 0.2) is 48.5 Å². The lowest BCUT2D eigenvalue weighted by molar-refractivity contribution is -0.384. The molecule has 3 heterocycles. The highest BCUT2D eigenvalue weighted by Gasteiger charge is 2.61. The molecule has 0 aliphatic carbocycles. The number of carbonyl (C=O) groups is 2. The fourth-order valence-corrected chi connectivity index (χ4v) is 5.98. The number of nitrogens with zero attached hydrogens (tertiary/aromatic N) is 5. The average molecular weight is 453 g/mol. The average Bonchev–Trinajstić information content (AvgIpc) is 3.28. The van der Waals surface area contributed by atoms with Crippen LogP contribution < -0.4 is 0 Å². The van der Waals surface area contributed by atoms with Gasteiger partial charge in [-0.3, -0.25) is 14.9 Å². The number of non-ortho nitro benzene ring substituents is 1. The summed E-state index contributed by atoms with van der Waals surface area (Å²) in [6.45, 7) is 2.29. The number of nitro groups is 1. The number of benzene rings is 2. The molecule has 5 rings (SSSR count). The Bertz CT molecular complexity index is 1230. The summed E-state index contributed by atoms with van der Waals surface area (Å²) in [5, 5.41) is 19.2. The SMILES string of the molecule is CC1(Cn2nnc3ccccc32)SC2CC(=O)N2C1C(=O)OCc1ccc([N+](=O)[O-])cc1. The molecule has 2 aliphatic rings. The summed E-state index contributed by atoms with van der Waals surface area (Å²) >= 11 is 1.58. The Labute approximate surface area is 186 Å². The number of aromatic nitrogens is 3. The van der Waals surface area contributed by atoms with Crippen molar-refractivity contribution >= 4 is 40.4 Å². The van der Waals surface area contributed by atoms with Gasteiger partial charge in [0.05, 0.1) is 33.5 Å². The minimum atomic E-state index is -0.764. The summed E-state index contributed by atoms with van der Waals surface area (Å²) in [6, 6.07) is 12.6. The quantitative estimate of drug-likeness (QED) is 0.242. The van der Waals surface area contributed by atoms with Gasteiger partial charge in [-0.25, -0.2) is 9.48 Å². The molecular weight excluding hydrogens is 434 g/mol. The fraction of sp³-hybridized carbons (Fsp3) is 0.333. The summed E-state index contributed by atoms with van der Waals surface area (Å²) in [4.78, 5) is 37.4. The standard InChI is InChI=1S/C21H19N5O5S/c1-21(12-24-16-5-3-2-4-15(16)22-23-24)19(25-17(27)10-18(25)32-21)20(28)31-11-13-6-8-14(9-7-13)26(29)30/h2-9,18-19H,10-12H2,1H3. The summed E-state index contributed by atoms with van der Waals surface area (Å²) < 4.78 is 6.66. The third kappa shape index (κ3) is 3.38. The van der Waals surface area contributed by atoms with Crippen molar-refractivity contribution in [2.45, 2.75) is 42.7 Å². The van der Waals surface area contributed by atoms with Crippen LogP contribution in [0.4, 0.5) is 5.69 Å². The molecule has 2 saturated heterocycles. The molecule has 1 amide bonds. The van der Waals surface area contributed by atoms with Gasteiger partial charge < -0.3 is 9.64 Å². The number of fused-ring (bicyclic) bond motifs is 2. The summed E-state index contributed by atoms with van der Waals surface area (Å²) in [7, 11) is 0. The van der Waals surface area contributed by atoms with E-state index in [0.29, 0.717) is 18.5 Å². The third-order valence-corrected chi connectivity index (χ3v) is 7.40. The molecule has 2 fully saturated rings. The van der Waals surface area contributed by atoms with E-state index in [-0.39, 0.29) is 23.6 Å². The molecule has 10 nitrogen and oxygen atoms in total. The zero-order chi connectivity index (χ0) is 22.5. The van der Waals surface area contributed by atoms with Crippen LogP contribution in [0, 0.1) is 10.1 Å². The van der Waals surface area contributed by atoms with Gasteiger partial charge >= 0.3 is 5.97 Å². The molecule has 164 valence electrons. The van der Waals surface area contributed by atoms with Crippen molar-refractivity contribution in [1.29, 1.82) is 0 Å². The van der Waals surface area contributed by atoms with Gasteiger partial charge in [-0.1, -0.05) is 17.3 Å². The van der Waals surface area contributed by atoms with E-state index in [4.69, 9.17) is 4.74 Å². The van der Waals surface area contributed by atoms with Crippen LogP contribution in [-0.4, -0.2) is 52.9 Å². The van der Waals surface area contributed by atoms with Gasteiger partial charge in [0, 0.05) is 12.1 Å². The summed E-state index contributed by atoms with van der Waals surface area (Å²) in [5.41, 5.74) is 2.21. The summed E-state index contributed by atoms with van der Waals surface area (Å²) in [6.07, 6.45) is 0.393. The van der Waals surface area contributed by atoms with Gasteiger partial charge in [0.2, 0.25) is 5.91 Å². The number of hydrogen-bond acceptors (Lipinski definition) is 8. The monoisotopic (exact) mass is 453 g/mol. The van der Waals surface area contributed by atoms with Crippen molar-refractivity contribution in [3.05, 3.63) is 64.2 Å². The highest BCUT2D eigenvalue weighted by molar-refractivity contribution is 8.01. The van der Waals surface area contributed by atoms with E-state index in [9.17, 15) is 19.7 Å². The lowest BCUT2D eigenvalue weighted by Gasteiger charge is -2.37. The minimum Gasteiger partial charge on any atom is -0.459 e. The van der Waals surface area contributed by atoms with Gasteiger partial charge in [-0.2, -0.15) is 0 Å². The number of β-lactam (4-membered cyclic amide) rings is 1. The molecule has 0 bridgehead atoms. The van der Waals surface area contributed by atoms with Crippen LogP contribution in [0.3, 0.4) is 0 Å². The van der Waals surface area contributed by atoms with Crippen molar-refractivity contribution < 1.29 is 19.2 Å². The summed E-state index contributed by atoms with van der Waals surface area (Å²) in [5.74, 6) is -0.578. The molecule has 2 aliphatic heterocycles. The van der Waals surface area contributed by atoms with Crippen LogP contribution in [-0.2, 0) is 27.5 Å². The number of carbonyl (C=O) groups excluding carboxylic acids is 2. The van der Waals surface area contributed by atoms with Crippen LogP contribution >= 0.6 is 11.8 Å². The molecule has 0 radical (unpaired) electrons. The van der Waals surface area contributed by atoms with Gasteiger partial charge in [-0.15, -0.1) is 16.9 Å². The highest BCUT2D eigenvalue weighted by atomic mass is 32.2. The van der Waals surface area contributed by atoms with Crippen LogP contribution in [0.25, 0.3) is 11.0 Å². The molecule has 3 aromatic rings. The Morgan fingerprint density at radius 2 is 2.03 bits per heavy atom.